The number of imidazole rings is 1. The molecule has 142 valence electrons. The number of piperidine rings is 1. The van der Waals surface area contributed by atoms with E-state index < -0.39 is 0 Å². The van der Waals surface area contributed by atoms with Crippen molar-refractivity contribution in [3.05, 3.63) is 48.0 Å². The van der Waals surface area contributed by atoms with E-state index in [4.69, 9.17) is 4.74 Å². The number of fused-ring (bicyclic) bond motifs is 1. The maximum absolute atomic E-state index is 12.5. The maximum Gasteiger partial charge on any atom is 0.228 e. The van der Waals surface area contributed by atoms with E-state index >= 15 is 0 Å². The van der Waals surface area contributed by atoms with Crippen LogP contribution in [0.25, 0.3) is 0 Å². The Morgan fingerprint density at radius 2 is 2.11 bits per heavy atom. The number of para-hydroxylation sites is 1. The summed E-state index contributed by atoms with van der Waals surface area (Å²) in [5, 5.41) is 3.06. The second kappa shape index (κ2) is 7.06. The van der Waals surface area contributed by atoms with E-state index in [1.807, 2.05) is 29.2 Å². The first-order valence-corrected chi connectivity index (χ1v) is 9.35. The van der Waals surface area contributed by atoms with E-state index in [1.165, 1.54) is 0 Å². The van der Waals surface area contributed by atoms with E-state index in [2.05, 4.69) is 15.3 Å². The lowest BCUT2D eigenvalue weighted by molar-refractivity contribution is -0.134. The number of H-pyrrole nitrogens is 1. The van der Waals surface area contributed by atoms with Crippen LogP contribution in [0.4, 0.5) is 0 Å². The molecular formula is C20H24N4O3. The van der Waals surface area contributed by atoms with Crippen molar-refractivity contribution in [1.82, 2.24) is 20.2 Å². The molecule has 2 aromatic rings. The number of benzene rings is 1. The molecule has 2 aliphatic rings. The molecule has 4 rings (SSSR count). The van der Waals surface area contributed by atoms with E-state index in [-0.39, 0.29) is 23.5 Å². The molecule has 0 radical (unpaired) electrons. The molecule has 7 nitrogen and oxygen atoms in total. The van der Waals surface area contributed by atoms with E-state index in [0.29, 0.717) is 19.5 Å². The van der Waals surface area contributed by atoms with Crippen molar-refractivity contribution < 1.29 is 14.3 Å². The number of aromatic nitrogens is 2. The summed E-state index contributed by atoms with van der Waals surface area (Å²) < 4.78 is 6.40. The number of hydrogen-bond acceptors (Lipinski definition) is 4. The standard InChI is InChI=1S/C20H24N4O3/c1-14(25)23-17-11-20(27-18-5-3-2-4-16(17)18)6-8-24(9-7-20)19(26)10-15-12-21-13-22-15/h2-5,12-13,17H,6-11H2,1H3,(H,21,22)(H,23,25). The minimum absolute atomic E-state index is 0.0426. The zero-order valence-electron chi connectivity index (χ0n) is 15.4. The zero-order chi connectivity index (χ0) is 18.9. The fourth-order valence-corrected chi connectivity index (χ4v) is 4.12. The highest BCUT2D eigenvalue weighted by Crippen LogP contribution is 2.44. The van der Waals surface area contributed by atoms with Gasteiger partial charge in [0, 0.05) is 56.7 Å². The van der Waals surface area contributed by atoms with Gasteiger partial charge in [0.2, 0.25) is 11.8 Å². The smallest absolute Gasteiger partial charge is 0.228 e. The molecule has 1 aromatic carbocycles. The summed E-state index contributed by atoms with van der Waals surface area (Å²) in [7, 11) is 0. The number of rotatable bonds is 3. The summed E-state index contributed by atoms with van der Waals surface area (Å²) in [6, 6.07) is 7.82. The van der Waals surface area contributed by atoms with Crippen LogP contribution >= 0.6 is 0 Å². The van der Waals surface area contributed by atoms with Crippen LogP contribution in [0.2, 0.25) is 0 Å². The van der Waals surface area contributed by atoms with Gasteiger partial charge in [0.15, 0.2) is 0 Å². The molecule has 2 aliphatic heterocycles. The van der Waals surface area contributed by atoms with Gasteiger partial charge in [-0.2, -0.15) is 0 Å². The predicted octanol–water partition coefficient (Wildman–Crippen LogP) is 1.97. The van der Waals surface area contributed by atoms with Gasteiger partial charge in [-0.15, -0.1) is 0 Å². The summed E-state index contributed by atoms with van der Waals surface area (Å²) in [5.74, 6) is 0.891. The van der Waals surface area contributed by atoms with Crippen molar-refractivity contribution >= 4 is 11.8 Å². The van der Waals surface area contributed by atoms with E-state index in [0.717, 1.165) is 36.3 Å². The lowest BCUT2D eigenvalue weighted by Gasteiger charge is -2.47. The minimum atomic E-state index is -0.341. The first-order chi connectivity index (χ1) is 13.0. The number of carbonyl (C=O) groups excluding carboxylic acids is 2. The van der Waals surface area contributed by atoms with Crippen molar-refractivity contribution in [3.8, 4) is 5.75 Å². The summed E-state index contributed by atoms with van der Waals surface area (Å²) >= 11 is 0. The third kappa shape index (κ3) is 3.67. The van der Waals surface area contributed by atoms with Crippen LogP contribution in [0.5, 0.6) is 5.75 Å². The van der Waals surface area contributed by atoms with Gasteiger partial charge in [-0.1, -0.05) is 18.2 Å². The van der Waals surface area contributed by atoms with Crippen LogP contribution < -0.4 is 10.1 Å². The number of carbonyl (C=O) groups is 2. The molecule has 0 saturated carbocycles. The highest BCUT2D eigenvalue weighted by atomic mass is 16.5. The molecule has 1 atom stereocenters. The predicted molar refractivity (Wildman–Crippen MR) is 99.1 cm³/mol. The summed E-state index contributed by atoms with van der Waals surface area (Å²) in [6.45, 7) is 2.85. The van der Waals surface area contributed by atoms with Crippen LogP contribution in [-0.2, 0) is 16.0 Å². The monoisotopic (exact) mass is 368 g/mol. The Morgan fingerprint density at radius 1 is 1.33 bits per heavy atom. The first kappa shape index (κ1) is 17.6. The van der Waals surface area contributed by atoms with Gasteiger partial charge in [-0.3, -0.25) is 9.59 Å². The van der Waals surface area contributed by atoms with E-state index in [1.54, 1.807) is 19.4 Å². The van der Waals surface area contributed by atoms with Gasteiger partial charge < -0.3 is 19.9 Å². The highest BCUT2D eigenvalue weighted by Gasteiger charge is 2.44. The van der Waals surface area contributed by atoms with E-state index in [9.17, 15) is 9.59 Å². The molecule has 1 saturated heterocycles. The number of amides is 2. The normalized spacial score (nSPS) is 20.6. The Balaban J connectivity index is 1.45. The number of ether oxygens (including phenoxy) is 1. The largest absolute Gasteiger partial charge is 0.487 e. The van der Waals surface area contributed by atoms with Crippen molar-refractivity contribution in [2.24, 2.45) is 0 Å². The van der Waals surface area contributed by atoms with Gasteiger partial charge in [-0.05, 0) is 6.07 Å². The molecular weight excluding hydrogens is 344 g/mol. The average Bonchev–Trinajstić information content (AvgIpc) is 3.15. The lowest BCUT2D eigenvalue weighted by atomic mass is 9.80. The number of nitrogens with zero attached hydrogens (tertiary/aromatic N) is 2. The lowest BCUT2D eigenvalue weighted by Crippen LogP contribution is -2.53. The number of hydrogen-bond donors (Lipinski definition) is 2. The molecule has 1 fully saturated rings. The van der Waals surface area contributed by atoms with Gasteiger partial charge >= 0.3 is 0 Å². The first-order valence-electron chi connectivity index (χ1n) is 9.35. The third-order valence-electron chi connectivity index (χ3n) is 5.50. The Labute approximate surface area is 158 Å². The van der Waals surface area contributed by atoms with Crippen molar-refractivity contribution in [2.45, 2.75) is 44.2 Å². The van der Waals surface area contributed by atoms with Crippen molar-refractivity contribution in [1.29, 1.82) is 0 Å². The number of aromatic amines is 1. The average molecular weight is 368 g/mol. The van der Waals surface area contributed by atoms with Gasteiger partial charge in [-0.25, -0.2) is 4.98 Å². The quantitative estimate of drug-likeness (QED) is 0.867. The second-order valence-electron chi connectivity index (χ2n) is 7.41. The van der Waals surface area contributed by atoms with Crippen LogP contribution in [-0.4, -0.2) is 45.4 Å². The van der Waals surface area contributed by atoms with Crippen LogP contribution in [0.3, 0.4) is 0 Å². The summed E-state index contributed by atoms with van der Waals surface area (Å²) in [4.78, 5) is 33.0. The zero-order valence-corrected chi connectivity index (χ0v) is 15.4. The van der Waals surface area contributed by atoms with Gasteiger partial charge in [0.05, 0.1) is 18.8 Å². The summed E-state index contributed by atoms with van der Waals surface area (Å²) in [5.41, 5.74) is 1.51. The molecule has 2 amide bonds. The Bertz CT molecular complexity index is 826. The highest BCUT2D eigenvalue weighted by molar-refractivity contribution is 5.78. The molecule has 1 spiro atoms. The molecule has 0 aliphatic carbocycles. The van der Waals surface area contributed by atoms with Crippen LogP contribution in [0, 0.1) is 0 Å². The third-order valence-corrected chi connectivity index (χ3v) is 5.50. The molecule has 2 N–H and O–H groups in total. The Kier molecular flexibility index (Phi) is 4.59. The summed E-state index contributed by atoms with van der Waals surface area (Å²) in [6.07, 6.45) is 5.85. The fourth-order valence-electron chi connectivity index (χ4n) is 4.12. The Hall–Kier alpha value is -2.83. The molecule has 1 unspecified atom stereocenters. The molecule has 0 bridgehead atoms. The van der Waals surface area contributed by atoms with Crippen LogP contribution in [0.15, 0.2) is 36.8 Å². The molecule has 27 heavy (non-hydrogen) atoms. The topological polar surface area (TPSA) is 87.3 Å². The van der Waals surface area contributed by atoms with Gasteiger partial charge in [0.1, 0.15) is 11.4 Å². The number of nitrogens with one attached hydrogen (secondary N) is 2. The molecule has 7 heteroatoms. The molecule has 1 aromatic heterocycles. The SMILES string of the molecule is CC(=O)NC1CC2(CCN(C(=O)Cc3cnc[nH]3)CC2)Oc2ccccc21. The Morgan fingerprint density at radius 3 is 2.81 bits per heavy atom. The molecule has 3 heterocycles. The fraction of sp³-hybridized carbons (Fsp3) is 0.450. The van der Waals surface area contributed by atoms with Crippen LogP contribution in [0.1, 0.15) is 43.5 Å². The maximum atomic E-state index is 12.5. The number of likely N-dealkylation sites (tertiary alicyclic amines) is 1. The minimum Gasteiger partial charge on any atom is -0.487 e. The van der Waals surface area contributed by atoms with Crippen molar-refractivity contribution in [3.63, 3.8) is 0 Å². The van der Waals surface area contributed by atoms with Gasteiger partial charge in [0.25, 0.3) is 0 Å². The second-order valence-corrected chi connectivity index (χ2v) is 7.41. The van der Waals surface area contributed by atoms with Crippen molar-refractivity contribution in [2.75, 3.05) is 13.1 Å².